The van der Waals surface area contributed by atoms with Crippen molar-refractivity contribution in [1.29, 1.82) is 0 Å². The lowest BCUT2D eigenvalue weighted by Gasteiger charge is -2.05. The molecule has 0 bridgehead atoms. The molecule has 2 rings (SSSR count). The number of aliphatic hydroxyl groups is 1. The van der Waals surface area contributed by atoms with Crippen LogP contribution in [0.1, 0.15) is 5.56 Å². The maximum absolute atomic E-state index is 8.74. The van der Waals surface area contributed by atoms with Crippen molar-refractivity contribution in [2.45, 2.75) is 5.75 Å². The summed E-state index contributed by atoms with van der Waals surface area (Å²) in [5, 5.41) is 11.4. The molecule has 0 heterocycles. The topological polar surface area (TPSA) is 20.2 Å². The van der Waals surface area contributed by atoms with Gasteiger partial charge in [0.1, 0.15) is 0 Å². The van der Waals surface area contributed by atoms with Gasteiger partial charge in [-0.2, -0.15) is 11.8 Å². The zero-order chi connectivity index (χ0) is 10.5. The van der Waals surface area contributed by atoms with E-state index in [2.05, 4.69) is 42.5 Å². The van der Waals surface area contributed by atoms with Crippen LogP contribution in [-0.4, -0.2) is 17.5 Å². The summed E-state index contributed by atoms with van der Waals surface area (Å²) in [4.78, 5) is 0. The van der Waals surface area contributed by atoms with Crippen molar-refractivity contribution < 1.29 is 5.11 Å². The van der Waals surface area contributed by atoms with E-state index in [9.17, 15) is 0 Å². The fraction of sp³-hybridized carbons (Fsp3) is 0.231. The summed E-state index contributed by atoms with van der Waals surface area (Å²) < 4.78 is 0. The van der Waals surface area contributed by atoms with Gasteiger partial charge in [0.2, 0.25) is 0 Å². The molecule has 0 spiro atoms. The first-order chi connectivity index (χ1) is 7.42. The summed E-state index contributed by atoms with van der Waals surface area (Å²) >= 11 is 1.77. The molecule has 0 amide bonds. The molecule has 1 N–H and O–H groups in total. The lowest BCUT2D eigenvalue weighted by molar-refractivity contribution is 0.322. The Bertz CT molecular complexity index is 434. The third kappa shape index (κ3) is 2.52. The largest absolute Gasteiger partial charge is 0.396 e. The van der Waals surface area contributed by atoms with Gasteiger partial charge in [0.05, 0.1) is 6.61 Å². The quantitative estimate of drug-likeness (QED) is 0.796. The van der Waals surface area contributed by atoms with Crippen molar-refractivity contribution in [1.82, 2.24) is 0 Å². The molecule has 0 aliphatic heterocycles. The van der Waals surface area contributed by atoms with E-state index in [0.717, 1.165) is 11.5 Å². The van der Waals surface area contributed by atoms with E-state index >= 15 is 0 Å². The van der Waals surface area contributed by atoms with Gasteiger partial charge in [0.25, 0.3) is 0 Å². The van der Waals surface area contributed by atoms with Gasteiger partial charge < -0.3 is 5.11 Å². The van der Waals surface area contributed by atoms with Gasteiger partial charge in [0.15, 0.2) is 0 Å². The van der Waals surface area contributed by atoms with E-state index in [4.69, 9.17) is 5.11 Å². The van der Waals surface area contributed by atoms with Crippen LogP contribution in [0.15, 0.2) is 42.5 Å². The Hall–Kier alpha value is -0.990. The molecular formula is C13H14OS. The third-order valence-electron chi connectivity index (χ3n) is 2.37. The predicted octanol–water partition coefficient (Wildman–Crippen LogP) is 3.07. The van der Waals surface area contributed by atoms with Crippen molar-refractivity contribution in [2.24, 2.45) is 0 Å². The van der Waals surface area contributed by atoms with Crippen LogP contribution >= 0.6 is 11.8 Å². The Labute approximate surface area is 94.1 Å². The minimum Gasteiger partial charge on any atom is -0.396 e. The highest BCUT2D eigenvalue weighted by Crippen LogP contribution is 2.22. The standard InChI is InChI=1S/C13H14OS/c14-8-9-15-10-12-6-3-5-11-4-1-2-7-13(11)12/h1-7,14H,8-10H2. The molecule has 15 heavy (non-hydrogen) atoms. The van der Waals surface area contributed by atoms with Crippen LogP contribution in [0.5, 0.6) is 0 Å². The first kappa shape index (κ1) is 10.5. The first-order valence-corrected chi connectivity index (χ1v) is 6.22. The van der Waals surface area contributed by atoms with Crippen molar-refractivity contribution in [3.63, 3.8) is 0 Å². The molecule has 0 atom stereocenters. The van der Waals surface area contributed by atoms with E-state index in [1.807, 2.05) is 0 Å². The summed E-state index contributed by atoms with van der Waals surface area (Å²) in [6.07, 6.45) is 0. The molecule has 0 saturated carbocycles. The number of hydrogen-bond acceptors (Lipinski definition) is 2. The highest BCUT2D eigenvalue weighted by atomic mass is 32.2. The Kier molecular flexibility index (Phi) is 3.64. The van der Waals surface area contributed by atoms with Crippen LogP contribution in [-0.2, 0) is 5.75 Å². The predicted molar refractivity (Wildman–Crippen MR) is 67.2 cm³/mol. The summed E-state index contributed by atoms with van der Waals surface area (Å²) in [5.41, 5.74) is 1.35. The van der Waals surface area contributed by atoms with E-state index in [1.54, 1.807) is 11.8 Å². The maximum Gasteiger partial charge on any atom is 0.0521 e. The number of aliphatic hydroxyl groups excluding tert-OH is 1. The molecule has 0 radical (unpaired) electrons. The normalized spacial score (nSPS) is 10.7. The molecule has 0 unspecified atom stereocenters. The van der Waals surface area contributed by atoms with Crippen LogP contribution in [0.3, 0.4) is 0 Å². The highest BCUT2D eigenvalue weighted by molar-refractivity contribution is 7.98. The van der Waals surface area contributed by atoms with E-state index < -0.39 is 0 Å². The minimum atomic E-state index is 0.259. The molecular weight excluding hydrogens is 204 g/mol. The first-order valence-electron chi connectivity index (χ1n) is 5.07. The number of fused-ring (bicyclic) bond motifs is 1. The van der Waals surface area contributed by atoms with Crippen LogP contribution in [0.2, 0.25) is 0 Å². The second kappa shape index (κ2) is 5.19. The molecule has 0 fully saturated rings. The van der Waals surface area contributed by atoms with Crippen LogP contribution < -0.4 is 0 Å². The zero-order valence-electron chi connectivity index (χ0n) is 8.52. The van der Waals surface area contributed by atoms with Crippen LogP contribution in [0, 0.1) is 0 Å². The smallest absolute Gasteiger partial charge is 0.0521 e. The summed E-state index contributed by atoms with van der Waals surface area (Å²) in [6, 6.07) is 14.8. The summed E-state index contributed by atoms with van der Waals surface area (Å²) in [7, 11) is 0. The van der Waals surface area contributed by atoms with Gasteiger partial charge in [-0.3, -0.25) is 0 Å². The Morgan fingerprint density at radius 2 is 1.80 bits per heavy atom. The number of thioether (sulfide) groups is 1. The molecule has 2 heteroatoms. The van der Waals surface area contributed by atoms with Gasteiger partial charge in [0, 0.05) is 11.5 Å². The van der Waals surface area contributed by atoms with Gasteiger partial charge in [-0.15, -0.1) is 0 Å². The van der Waals surface area contributed by atoms with Crippen molar-refractivity contribution in [3.05, 3.63) is 48.0 Å². The lowest BCUT2D eigenvalue weighted by atomic mass is 10.1. The SMILES string of the molecule is OCCSCc1cccc2ccccc12. The molecule has 0 aromatic heterocycles. The third-order valence-corrected chi connectivity index (χ3v) is 3.36. The Balaban J connectivity index is 2.26. The second-order valence-electron chi connectivity index (χ2n) is 3.41. The molecule has 0 aliphatic rings. The van der Waals surface area contributed by atoms with Crippen LogP contribution in [0.4, 0.5) is 0 Å². The van der Waals surface area contributed by atoms with Crippen molar-refractivity contribution in [2.75, 3.05) is 12.4 Å². The number of hydrogen-bond donors (Lipinski definition) is 1. The summed E-state index contributed by atoms with van der Waals surface area (Å²) in [6.45, 7) is 0.259. The van der Waals surface area contributed by atoms with E-state index in [0.29, 0.717) is 0 Å². The monoisotopic (exact) mass is 218 g/mol. The molecule has 0 aliphatic carbocycles. The fourth-order valence-corrected chi connectivity index (χ4v) is 2.41. The van der Waals surface area contributed by atoms with Gasteiger partial charge in [-0.25, -0.2) is 0 Å². The Morgan fingerprint density at radius 1 is 1.00 bits per heavy atom. The number of rotatable bonds is 4. The Morgan fingerprint density at radius 3 is 2.67 bits per heavy atom. The summed E-state index contributed by atoms with van der Waals surface area (Å²) in [5.74, 6) is 1.78. The van der Waals surface area contributed by atoms with E-state index in [1.165, 1.54) is 16.3 Å². The van der Waals surface area contributed by atoms with E-state index in [-0.39, 0.29) is 6.61 Å². The average molecular weight is 218 g/mol. The molecule has 78 valence electrons. The second-order valence-corrected chi connectivity index (χ2v) is 4.52. The zero-order valence-corrected chi connectivity index (χ0v) is 9.33. The van der Waals surface area contributed by atoms with Crippen molar-refractivity contribution >= 4 is 22.5 Å². The molecule has 0 saturated heterocycles. The van der Waals surface area contributed by atoms with Crippen molar-refractivity contribution in [3.8, 4) is 0 Å². The fourth-order valence-electron chi connectivity index (χ4n) is 1.67. The number of benzene rings is 2. The maximum atomic E-state index is 8.74. The van der Waals surface area contributed by atoms with Gasteiger partial charge in [-0.1, -0.05) is 42.5 Å². The lowest BCUT2D eigenvalue weighted by Crippen LogP contribution is -1.89. The van der Waals surface area contributed by atoms with Gasteiger partial charge >= 0.3 is 0 Å². The molecule has 2 aromatic rings. The average Bonchev–Trinajstić information content (AvgIpc) is 2.30. The highest BCUT2D eigenvalue weighted by Gasteiger charge is 1.99. The van der Waals surface area contributed by atoms with Gasteiger partial charge in [-0.05, 0) is 16.3 Å². The molecule has 1 nitrogen and oxygen atoms in total. The van der Waals surface area contributed by atoms with Crippen LogP contribution in [0.25, 0.3) is 10.8 Å². The molecule has 2 aromatic carbocycles. The minimum absolute atomic E-state index is 0.259.